The second-order valence-corrected chi connectivity index (χ2v) is 7.01. The quantitative estimate of drug-likeness (QED) is 0.812. The number of alkyl halides is 5. The highest BCUT2D eigenvalue weighted by Gasteiger charge is 2.25. The molecule has 0 spiro atoms. The summed E-state index contributed by atoms with van der Waals surface area (Å²) in [6.07, 6.45) is -1.53. The summed E-state index contributed by atoms with van der Waals surface area (Å²) >= 11 is 16.4. The lowest BCUT2D eigenvalue weighted by molar-refractivity contribution is 0.145. The molecule has 1 aliphatic carbocycles. The van der Waals surface area contributed by atoms with Gasteiger partial charge in [0.1, 0.15) is 12.3 Å². The summed E-state index contributed by atoms with van der Waals surface area (Å²) in [5, 5.41) is 2.40. The van der Waals surface area contributed by atoms with Crippen LogP contribution in [-0.2, 0) is 17.6 Å². The number of rotatable bonds is 3. The lowest BCUT2D eigenvalue weighted by atomic mass is 10.1. The third-order valence-corrected chi connectivity index (χ3v) is 3.22. The Bertz CT molecular complexity index is 550. The molecule has 0 unspecified atom stereocenters. The van der Waals surface area contributed by atoms with Crippen LogP contribution in [0.5, 0.6) is 0 Å². The molecule has 0 aromatic carbocycles. The standard InChI is InChI=1S/C12H11Cl3F2N2O2/c13-12(14,15)5-21-11(20)19-8-4-9(10(16)17)18-7-3-1-2-6(7)8/h4,10H,1-3,5H2,(H,18,19,20). The molecule has 1 aliphatic rings. The van der Waals surface area contributed by atoms with E-state index in [1.165, 1.54) is 0 Å². The highest BCUT2D eigenvalue weighted by atomic mass is 35.6. The van der Waals surface area contributed by atoms with Crippen LogP contribution in [0.1, 0.15) is 29.8 Å². The van der Waals surface area contributed by atoms with Crippen molar-refractivity contribution in [3.8, 4) is 0 Å². The van der Waals surface area contributed by atoms with E-state index in [0.29, 0.717) is 18.5 Å². The van der Waals surface area contributed by atoms with Gasteiger partial charge in [-0.15, -0.1) is 0 Å². The number of halogens is 5. The van der Waals surface area contributed by atoms with Crippen molar-refractivity contribution in [3.63, 3.8) is 0 Å². The molecule has 1 amide bonds. The van der Waals surface area contributed by atoms with Crippen molar-refractivity contribution in [1.29, 1.82) is 0 Å². The largest absolute Gasteiger partial charge is 0.445 e. The molecule has 0 radical (unpaired) electrons. The van der Waals surface area contributed by atoms with Gasteiger partial charge in [-0.05, 0) is 30.9 Å². The fourth-order valence-electron chi connectivity index (χ4n) is 2.08. The van der Waals surface area contributed by atoms with Crippen molar-refractivity contribution in [3.05, 3.63) is 23.0 Å². The number of hydrogen-bond acceptors (Lipinski definition) is 3. The van der Waals surface area contributed by atoms with Gasteiger partial charge in [0.15, 0.2) is 0 Å². The molecule has 2 rings (SSSR count). The summed E-state index contributed by atoms with van der Waals surface area (Å²) in [5.74, 6) is 0. The molecule has 0 fully saturated rings. The van der Waals surface area contributed by atoms with Crippen molar-refractivity contribution in [2.75, 3.05) is 11.9 Å². The van der Waals surface area contributed by atoms with E-state index in [9.17, 15) is 13.6 Å². The van der Waals surface area contributed by atoms with E-state index in [0.717, 1.165) is 18.1 Å². The summed E-state index contributed by atoms with van der Waals surface area (Å²) in [6, 6.07) is 1.14. The van der Waals surface area contributed by atoms with Crippen LogP contribution in [0.2, 0.25) is 0 Å². The first-order valence-electron chi connectivity index (χ1n) is 6.07. The molecule has 21 heavy (non-hydrogen) atoms. The predicted octanol–water partition coefficient (Wildman–Crippen LogP) is 4.43. The summed E-state index contributed by atoms with van der Waals surface area (Å²) in [7, 11) is 0. The molecule has 1 aromatic heterocycles. The molecular formula is C12H11Cl3F2N2O2. The highest BCUT2D eigenvalue weighted by molar-refractivity contribution is 6.67. The number of aromatic nitrogens is 1. The minimum atomic E-state index is -2.71. The number of ether oxygens (including phenoxy) is 1. The lowest BCUT2D eigenvalue weighted by Gasteiger charge is -2.14. The molecule has 4 nitrogen and oxygen atoms in total. The average molecular weight is 360 g/mol. The molecule has 9 heteroatoms. The van der Waals surface area contributed by atoms with Gasteiger partial charge in [0.2, 0.25) is 3.79 Å². The number of aryl methyl sites for hydroxylation is 1. The molecule has 1 heterocycles. The molecule has 0 saturated carbocycles. The fourth-order valence-corrected chi connectivity index (χ4v) is 2.24. The first-order valence-corrected chi connectivity index (χ1v) is 7.21. The van der Waals surface area contributed by atoms with Crippen molar-refractivity contribution in [1.82, 2.24) is 4.98 Å². The van der Waals surface area contributed by atoms with Crippen LogP contribution in [-0.4, -0.2) is 21.5 Å². The predicted molar refractivity (Wildman–Crippen MR) is 76.5 cm³/mol. The van der Waals surface area contributed by atoms with Crippen molar-refractivity contribution < 1.29 is 18.3 Å². The fraction of sp³-hybridized carbons (Fsp3) is 0.500. The number of carbonyl (C=O) groups is 1. The van der Waals surface area contributed by atoms with E-state index < -0.39 is 22.9 Å². The number of pyridine rings is 1. The third kappa shape index (κ3) is 4.56. The molecule has 116 valence electrons. The van der Waals surface area contributed by atoms with E-state index >= 15 is 0 Å². The van der Waals surface area contributed by atoms with Gasteiger partial charge >= 0.3 is 6.09 Å². The normalized spacial score (nSPS) is 14.2. The SMILES string of the molecule is O=C(Nc1cc(C(F)F)nc2c1CCC2)OCC(Cl)(Cl)Cl. The number of hydrogen-bond donors (Lipinski definition) is 1. The second kappa shape index (κ2) is 6.50. The maximum Gasteiger partial charge on any atom is 0.411 e. The van der Waals surface area contributed by atoms with Crippen LogP contribution in [0.25, 0.3) is 0 Å². The smallest absolute Gasteiger partial charge is 0.411 e. The van der Waals surface area contributed by atoms with Gasteiger partial charge in [-0.1, -0.05) is 34.8 Å². The van der Waals surface area contributed by atoms with E-state index in [4.69, 9.17) is 39.5 Å². The number of nitrogens with one attached hydrogen (secondary N) is 1. The summed E-state index contributed by atoms with van der Waals surface area (Å²) in [4.78, 5) is 15.5. The van der Waals surface area contributed by atoms with Crippen LogP contribution in [0.15, 0.2) is 6.07 Å². The zero-order chi connectivity index (χ0) is 15.6. The number of nitrogens with zero attached hydrogens (tertiary/aromatic N) is 1. The first kappa shape index (κ1) is 16.5. The number of amides is 1. The van der Waals surface area contributed by atoms with Crippen LogP contribution >= 0.6 is 34.8 Å². The van der Waals surface area contributed by atoms with Crippen molar-refractivity contribution >= 4 is 46.6 Å². The van der Waals surface area contributed by atoms with Gasteiger partial charge in [-0.3, -0.25) is 10.3 Å². The second-order valence-electron chi connectivity index (χ2n) is 4.49. The average Bonchev–Trinajstić information content (AvgIpc) is 2.83. The van der Waals surface area contributed by atoms with Gasteiger partial charge in [0.05, 0.1) is 5.69 Å². The molecule has 1 aromatic rings. The van der Waals surface area contributed by atoms with Crippen molar-refractivity contribution in [2.45, 2.75) is 29.5 Å². The van der Waals surface area contributed by atoms with Gasteiger partial charge < -0.3 is 4.74 Å². The van der Waals surface area contributed by atoms with E-state index in [2.05, 4.69) is 10.3 Å². The highest BCUT2D eigenvalue weighted by Crippen LogP contribution is 2.32. The van der Waals surface area contributed by atoms with Gasteiger partial charge in [-0.25, -0.2) is 13.6 Å². The summed E-state index contributed by atoms with van der Waals surface area (Å²) < 4.78 is 28.6. The Kier molecular flexibility index (Phi) is 5.11. The van der Waals surface area contributed by atoms with Gasteiger partial charge in [0, 0.05) is 5.69 Å². The van der Waals surface area contributed by atoms with Gasteiger partial charge in [0.25, 0.3) is 6.43 Å². The molecule has 0 atom stereocenters. The van der Waals surface area contributed by atoms with Crippen LogP contribution in [0.3, 0.4) is 0 Å². The van der Waals surface area contributed by atoms with E-state index in [1.807, 2.05) is 0 Å². The Morgan fingerprint density at radius 1 is 1.43 bits per heavy atom. The summed E-state index contributed by atoms with van der Waals surface area (Å²) in [5.41, 5.74) is 1.20. The number of anilines is 1. The Balaban J connectivity index is 2.14. The number of fused-ring (bicyclic) bond motifs is 1. The first-order chi connectivity index (χ1) is 9.76. The minimum absolute atomic E-state index is 0.266. The Morgan fingerprint density at radius 3 is 2.76 bits per heavy atom. The maximum atomic E-state index is 12.8. The number of carbonyl (C=O) groups excluding carboxylic acids is 1. The zero-order valence-electron chi connectivity index (χ0n) is 10.6. The minimum Gasteiger partial charge on any atom is -0.445 e. The van der Waals surface area contributed by atoms with Crippen LogP contribution < -0.4 is 5.32 Å². The maximum absolute atomic E-state index is 12.8. The molecule has 0 aliphatic heterocycles. The molecule has 0 saturated heterocycles. The Hall–Kier alpha value is -0.850. The lowest BCUT2D eigenvalue weighted by Crippen LogP contribution is -2.22. The topological polar surface area (TPSA) is 51.2 Å². The van der Waals surface area contributed by atoms with E-state index in [1.54, 1.807) is 0 Å². The molecular weight excluding hydrogens is 348 g/mol. The Morgan fingerprint density at radius 2 is 2.14 bits per heavy atom. The Labute approximate surface area is 134 Å². The third-order valence-electron chi connectivity index (χ3n) is 2.90. The molecule has 1 N–H and O–H groups in total. The van der Waals surface area contributed by atoms with Gasteiger partial charge in [-0.2, -0.15) is 0 Å². The van der Waals surface area contributed by atoms with E-state index in [-0.39, 0.29) is 11.4 Å². The monoisotopic (exact) mass is 358 g/mol. The zero-order valence-corrected chi connectivity index (χ0v) is 12.9. The van der Waals surface area contributed by atoms with Crippen molar-refractivity contribution in [2.24, 2.45) is 0 Å². The summed E-state index contributed by atoms with van der Waals surface area (Å²) in [6.45, 7) is -0.446. The van der Waals surface area contributed by atoms with Crippen LogP contribution in [0, 0.1) is 0 Å². The molecule has 0 bridgehead atoms. The van der Waals surface area contributed by atoms with Crippen LogP contribution in [0.4, 0.5) is 19.3 Å².